The van der Waals surface area contributed by atoms with E-state index in [1.807, 2.05) is 25.1 Å². The summed E-state index contributed by atoms with van der Waals surface area (Å²) in [6.07, 6.45) is -0.130. The maximum atomic E-state index is 13.1. The lowest BCUT2D eigenvalue weighted by atomic mass is 9.94. The minimum absolute atomic E-state index is 0.112. The zero-order valence-corrected chi connectivity index (χ0v) is 20.8. The average molecular weight is 496 g/mol. The number of hydrogen-bond acceptors (Lipinski definition) is 5. The second-order valence-electron chi connectivity index (χ2n) is 8.25. The van der Waals surface area contributed by atoms with Crippen LogP contribution in [0.25, 0.3) is 11.1 Å². The van der Waals surface area contributed by atoms with E-state index in [-0.39, 0.29) is 17.9 Å². The lowest BCUT2D eigenvalue weighted by Crippen LogP contribution is -2.35. The summed E-state index contributed by atoms with van der Waals surface area (Å²) in [6, 6.07) is 18.9. The first-order valence-corrected chi connectivity index (χ1v) is 12.8. The van der Waals surface area contributed by atoms with Crippen LogP contribution in [0.3, 0.4) is 0 Å². The van der Waals surface area contributed by atoms with Crippen LogP contribution in [-0.2, 0) is 32.4 Å². The Morgan fingerprint density at radius 3 is 2.31 bits per heavy atom. The summed E-state index contributed by atoms with van der Waals surface area (Å²) in [4.78, 5) is 25.9. The van der Waals surface area contributed by atoms with Gasteiger partial charge in [-0.2, -0.15) is 0 Å². The van der Waals surface area contributed by atoms with E-state index < -0.39 is 27.5 Å². The Balaban J connectivity index is 1.95. The standard InChI is InChI=1S/C27H29NO6S/c1-4-28(26(29)18-35(32,33)22-8-6-5-7-9-22)17-21-14-19(2)10-12-23(21)24-15-20(16-27(30)31)11-13-25(24)34-3/h5-15H,4,16-18H2,1-3H3,(H,30,31). The first-order chi connectivity index (χ1) is 16.6. The van der Waals surface area contributed by atoms with Gasteiger partial charge < -0.3 is 14.7 Å². The summed E-state index contributed by atoms with van der Waals surface area (Å²) in [7, 11) is -2.23. The normalized spacial score (nSPS) is 11.2. The molecule has 0 fully saturated rings. The Bertz CT molecular complexity index is 1320. The Morgan fingerprint density at radius 1 is 0.971 bits per heavy atom. The van der Waals surface area contributed by atoms with Gasteiger partial charge in [0.1, 0.15) is 11.5 Å². The van der Waals surface area contributed by atoms with E-state index in [1.54, 1.807) is 50.4 Å². The maximum Gasteiger partial charge on any atom is 0.307 e. The molecule has 0 saturated carbocycles. The van der Waals surface area contributed by atoms with Crippen molar-refractivity contribution < 1.29 is 27.9 Å². The van der Waals surface area contributed by atoms with Gasteiger partial charge in [-0.05, 0) is 54.8 Å². The summed E-state index contributed by atoms with van der Waals surface area (Å²) < 4.78 is 31.0. The molecule has 3 aromatic rings. The van der Waals surface area contributed by atoms with Gasteiger partial charge in [-0.3, -0.25) is 9.59 Å². The van der Waals surface area contributed by atoms with Crippen molar-refractivity contribution in [3.63, 3.8) is 0 Å². The van der Waals surface area contributed by atoms with E-state index >= 15 is 0 Å². The number of carboxylic acids is 1. The van der Waals surface area contributed by atoms with Crippen LogP contribution in [0.15, 0.2) is 71.6 Å². The average Bonchev–Trinajstić information content (AvgIpc) is 2.82. The van der Waals surface area contributed by atoms with E-state index in [2.05, 4.69) is 0 Å². The van der Waals surface area contributed by atoms with E-state index in [1.165, 1.54) is 17.0 Å². The molecule has 0 bridgehead atoms. The van der Waals surface area contributed by atoms with Crippen LogP contribution in [0, 0.1) is 6.92 Å². The number of aliphatic carboxylic acids is 1. The lowest BCUT2D eigenvalue weighted by molar-refractivity contribution is -0.136. The fourth-order valence-corrected chi connectivity index (χ4v) is 5.16. The molecule has 0 aliphatic heterocycles. The Morgan fingerprint density at radius 2 is 1.69 bits per heavy atom. The van der Waals surface area contributed by atoms with Gasteiger partial charge >= 0.3 is 5.97 Å². The van der Waals surface area contributed by atoms with Crippen molar-refractivity contribution in [1.82, 2.24) is 4.90 Å². The van der Waals surface area contributed by atoms with Crippen LogP contribution in [0.2, 0.25) is 0 Å². The van der Waals surface area contributed by atoms with Crippen LogP contribution in [0.5, 0.6) is 5.75 Å². The second kappa shape index (κ2) is 11.2. The van der Waals surface area contributed by atoms with Gasteiger partial charge in [0.05, 0.1) is 18.4 Å². The van der Waals surface area contributed by atoms with E-state index in [0.29, 0.717) is 23.4 Å². The number of hydrogen-bond donors (Lipinski definition) is 1. The fraction of sp³-hybridized carbons (Fsp3) is 0.259. The molecule has 3 aromatic carbocycles. The van der Waals surface area contributed by atoms with Crippen LogP contribution >= 0.6 is 0 Å². The molecule has 0 aliphatic carbocycles. The van der Waals surface area contributed by atoms with Gasteiger partial charge in [0.15, 0.2) is 9.84 Å². The highest BCUT2D eigenvalue weighted by atomic mass is 32.2. The van der Waals surface area contributed by atoms with Gasteiger partial charge in [0.2, 0.25) is 5.91 Å². The highest BCUT2D eigenvalue weighted by Gasteiger charge is 2.24. The molecule has 7 nitrogen and oxygen atoms in total. The van der Waals surface area contributed by atoms with Crippen molar-refractivity contribution >= 4 is 21.7 Å². The topological polar surface area (TPSA) is 101 Å². The molecule has 0 heterocycles. The Kier molecular flexibility index (Phi) is 8.30. The lowest BCUT2D eigenvalue weighted by Gasteiger charge is -2.23. The first kappa shape index (κ1) is 26.0. The Labute approximate surface area is 205 Å². The molecule has 0 spiro atoms. The number of rotatable bonds is 10. The third kappa shape index (κ3) is 6.48. The predicted octanol–water partition coefficient (Wildman–Crippen LogP) is 4.12. The minimum Gasteiger partial charge on any atom is -0.496 e. The number of sulfone groups is 1. The molecule has 1 amide bonds. The molecule has 0 unspecified atom stereocenters. The van der Waals surface area contributed by atoms with Crippen molar-refractivity contribution in [3.8, 4) is 16.9 Å². The van der Waals surface area contributed by atoms with Crippen molar-refractivity contribution in [3.05, 3.63) is 83.4 Å². The van der Waals surface area contributed by atoms with Crippen LogP contribution in [0.4, 0.5) is 0 Å². The number of benzene rings is 3. The second-order valence-corrected chi connectivity index (χ2v) is 10.2. The summed E-state index contributed by atoms with van der Waals surface area (Å²) in [5.74, 6) is -1.48. The quantitative estimate of drug-likeness (QED) is 0.454. The van der Waals surface area contributed by atoms with Crippen molar-refractivity contribution in [2.24, 2.45) is 0 Å². The molecule has 0 aromatic heterocycles. The molecule has 3 rings (SSSR count). The monoisotopic (exact) mass is 495 g/mol. The Hall–Kier alpha value is -3.65. The van der Waals surface area contributed by atoms with E-state index in [0.717, 1.165) is 16.7 Å². The van der Waals surface area contributed by atoms with Crippen molar-refractivity contribution in [1.29, 1.82) is 0 Å². The van der Waals surface area contributed by atoms with Crippen LogP contribution < -0.4 is 4.74 Å². The third-order valence-electron chi connectivity index (χ3n) is 5.68. The number of carbonyl (C=O) groups is 2. The highest BCUT2D eigenvalue weighted by Crippen LogP contribution is 2.34. The SMILES string of the molecule is CCN(Cc1cc(C)ccc1-c1cc(CC(=O)O)ccc1OC)C(=O)CS(=O)(=O)c1ccccc1. The number of carboxylic acid groups (broad SMARTS) is 1. The van der Waals surface area contributed by atoms with Gasteiger partial charge in [0.25, 0.3) is 0 Å². The van der Waals surface area contributed by atoms with Crippen molar-refractivity contribution in [2.75, 3.05) is 19.4 Å². The fourth-order valence-electron chi connectivity index (χ4n) is 3.91. The number of carbonyl (C=O) groups excluding carboxylic acids is 1. The smallest absolute Gasteiger partial charge is 0.307 e. The highest BCUT2D eigenvalue weighted by molar-refractivity contribution is 7.92. The maximum absolute atomic E-state index is 13.1. The molecule has 8 heteroatoms. The van der Waals surface area contributed by atoms with Crippen LogP contribution in [-0.4, -0.2) is 49.7 Å². The summed E-state index contributed by atoms with van der Waals surface area (Å²) in [5, 5.41) is 9.21. The number of aryl methyl sites for hydroxylation is 1. The molecule has 0 radical (unpaired) electrons. The number of ether oxygens (including phenoxy) is 1. The molecular formula is C27H29NO6S. The van der Waals surface area contributed by atoms with Gasteiger partial charge in [-0.15, -0.1) is 0 Å². The molecule has 1 N–H and O–H groups in total. The molecular weight excluding hydrogens is 466 g/mol. The predicted molar refractivity (Wildman–Crippen MR) is 134 cm³/mol. The third-order valence-corrected chi connectivity index (χ3v) is 7.30. The summed E-state index contributed by atoms with van der Waals surface area (Å²) >= 11 is 0. The number of nitrogens with zero attached hydrogens (tertiary/aromatic N) is 1. The van der Waals surface area contributed by atoms with Gasteiger partial charge in [-0.1, -0.05) is 48.0 Å². The van der Waals surface area contributed by atoms with E-state index in [4.69, 9.17) is 4.74 Å². The zero-order valence-electron chi connectivity index (χ0n) is 20.0. The molecule has 184 valence electrons. The van der Waals surface area contributed by atoms with Gasteiger partial charge in [-0.25, -0.2) is 8.42 Å². The zero-order chi connectivity index (χ0) is 25.6. The first-order valence-electron chi connectivity index (χ1n) is 11.2. The number of amides is 1. The van der Waals surface area contributed by atoms with Crippen LogP contribution in [0.1, 0.15) is 23.6 Å². The van der Waals surface area contributed by atoms with Gasteiger partial charge in [0, 0.05) is 18.7 Å². The largest absolute Gasteiger partial charge is 0.496 e. The molecule has 0 saturated heterocycles. The summed E-state index contributed by atoms with van der Waals surface area (Å²) in [5.41, 5.74) is 3.91. The van der Waals surface area contributed by atoms with E-state index in [9.17, 15) is 23.1 Å². The summed E-state index contributed by atoms with van der Waals surface area (Å²) in [6.45, 7) is 4.26. The molecule has 35 heavy (non-hydrogen) atoms. The molecule has 0 aliphatic rings. The van der Waals surface area contributed by atoms with Crippen molar-refractivity contribution in [2.45, 2.75) is 31.7 Å². The number of methoxy groups -OCH3 is 1. The molecule has 0 atom stereocenters. The minimum atomic E-state index is -3.77.